The van der Waals surface area contributed by atoms with Crippen molar-refractivity contribution in [2.24, 2.45) is 0 Å². The zero-order valence-electron chi connectivity index (χ0n) is 10.4. The number of terminal acetylenes is 1. The van der Waals surface area contributed by atoms with Gasteiger partial charge in [-0.25, -0.2) is 0 Å². The fourth-order valence-corrected chi connectivity index (χ4v) is 1.34. The van der Waals surface area contributed by atoms with Gasteiger partial charge in [0.1, 0.15) is 0 Å². The summed E-state index contributed by atoms with van der Waals surface area (Å²) in [5.74, 6) is 2.46. The number of amides is 1. The molecule has 1 N–H and O–H groups in total. The van der Waals surface area contributed by atoms with Crippen molar-refractivity contribution >= 4 is 5.91 Å². The van der Waals surface area contributed by atoms with Crippen LogP contribution in [0.1, 0.15) is 22.8 Å². The van der Waals surface area contributed by atoms with Gasteiger partial charge < -0.3 is 10.2 Å². The summed E-state index contributed by atoms with van der Waals surface area (Å²) in [5.41, 5.74) is 1.43. The third-order valence-corrected chi connectivity index (χ3v) is 2.63. The summed E-state index contributed by atoms with van der Waals surface area (Å²) < 4.78 is 0. The van der Waals surface area contributed by atoms with Crippen LogP contribution in [0.3, 0.4) is 0 Å². The second kappa shape index (κ2) is 6.72. The Bertz CT molecular complexity index is 403. The Morgan fingerprint density at radius 2 is 2.06 bits per heavy atom. The molecule has 17 heavy (non-hydrogen) atoms. The lowest BCUT2D eigenvalue weighted by atomic mass is 10.1. The molecule has 0 radical (unpaired) electrons. The number of hydrogen-bond acceptors (Lipinski definition) is 2. The lowest BCUT2D eigenvalue weighted by Crippen LogP contribution is -2.32. The summed E-state index contributed by atoms with van der Waals surface area (Å²) in [5, 5.41) is 2.87. The van der Waals surface area contributed by atoms with Crippen LogP contribution in [0, 0.1) is 12.3 Å². The Hall–Kier alpha value is -1.79. The minimum Gasteiger partial charge on any atom is -0.351 e. The number of nitrogens with one attached hydrogen (secondary N) is 1. The molecule has 0 fully saturated rings. The van der Waals surface area contributed by atoms with E-state index in [0.717, 1.165) is 18.7 Å². The number of nitrogens with zero attached hydrogens (tertiary/aromatic N) is 1. The zero-order valence-corrected chi connectivity index (χ0v) is 10.4. The standard InChI is InChI=1S/C14H18N2O/c1-4-12-6-8-13(9-7-12)14(17)15-10-11-16(3)5-2/h1,6-9H,5,10-11H2,2-3H3,(H,15,17). The van der Waals surface area contributed by atoms with Crippen LogP contribution >= 0.6 is 0 Å². The summed E-state index contributed by atoms with van der Waals surface area (Å²) in [6.07, 6.45) is 5.25. The van der Waals surface area contributed by atoms with Crippen molar-refractivity contribution < 1.29 is 4.79 Å². The summed E-state index contributed by atoms with van der Waals surface area (Å²) >= 11 is 0. The van der Waals surface area contributed by atoms with E-state index in [0.29, 0.717) is 12.1 Å². The van der Waals surface area contributed by atoms with Crippen LogP contribution in [0.15, 0.2) is 24.3 Å². The van der Waals surface area contributed by atoms with E-state index in [4.69, 9.17) is 6.42 Å². The monoisotopic (exact) mass is 230 g/mol. The van der Waals surface area contributed by atoms with Gasteiger partial charge in [-0.05, 0) is 37.9 Å². The van der Waals surface area contributed by atoms with Gasteiger partial charge in [0.05, 0.1) is 0 Å². The topological polar surface area (TPSA) is 32.3 Å². The fraction of sp³-hybridized carbons (Fsp3) is 0.357. The van der Waals surface area contributed by atoms with Crippen LogP contribution < -0.4 is 5.32 Å². The van der Waals surface area contributed by atoms with Crippen LogP contribution in [0.2, 0.25) is 0 Å². The van der Waals surface area contributed by atoms with Gasteiger partial charge in [0.15, 0.2) is 0 Å². The molecule has 0 unspecified atom stereocenters. The van der Waals surface area contributed by atoms with E-state index in [1.165, 1.54) is 0 Å². The van der Waals surface area contributed by atoms with Gasteiger partial charge in [0, 0.05) is 24.2 Å². The molecule has 0 saturated carbocycles. The van der Waals surface area contributed by atoms with E-state index in [-0.39, 0.29) is 5.91 Å². The molecule has 0 aliphatic rings. The SMILES string of the molecule is C#Cc1ccc(C(=O)NCCN(C)CC)cc1. The van der Waals surface area contributed by atoms with E-state index >= 15 is 0 Å². The Labute approximate surface area is 103 Å². The van der Waals surface area contributed by atoms with Crippen molar-refractivity contribution in [2.45, 2.75) is 6.92 Å². The van der Waals surface area contributed by atoms with Gasteiger partial charge in [-0.15, -0.1) is 6.42 Å². The maximum absolute atomic E-state index is 11.7. The molecule has 0 saturated heterocycles. The van der Waals surface area contributed by atoms with Gasteiger partial charge in [-0.1, -0.05) is 12.8 Å². The lowest BCUT2D eigenvalue weighted by molar-refractivity contribution is 0.0950. The Morgan fingerprint density at radius 3 is 2.59 bits per heavy atom. The minimum absolute atomic E-state index is 0.0573. The van der Waals surface area contributed by atoms with Crippen molar-refractivity contribution in [3.63, 3.8) is 0 Å². The number of likely N-dealkylation sites (N-methyl/N-ethyl adjacent to an activating group) is 1. The van der Waals surface area contributed by atoms with E-state index in [1.54, 1.807) is 24.3 Å². The van der Waals surface area contributed by atoms with E-state index in [9.17, 15) is 4.79 Å². The van der Waals surface area contributed by atoms with E-state index in [2.05, 4.69) is 23.1 Å². The van der Waals surface area contributed by atoms with Crippen molar-refractivity contribution in [3.05, 3.63) is 35.4 Å². The third kappa shape index (κ3) is 4.29. The highest BCUT2D eigenvalue weighted by Crippen LogP contribution is 2.02. The Kier molecular flexibility index (Phi) is 5.25. The minimum atomic E-state index is -0.0573. The number of carbonyl (C=O) groups is 1. The molecular formula is C14H18N2O. The van der Waals surface area contributed by atoms with Crippen LogP contribution in [0.25, 0.3) is 0 Å². The third-order valence-electron chi connectivity index (χ3n) is 2.63. The predicted octanol–water partition coefficient (Wildman–Crippen LogP) is 1.35. The highest BCUT2D eigenvalue weighted by atomic mass is 16.1. The molecule has 0 aromatic heterocycles. The van der Waals surface area contributed by atoms with Crippen LogP contribution in [-0.4, -0.2) is 37.5 Å². The summed E-state index contributed by atoms with van der Waals surface area (Å²) in [7, 11) is 2.02. The highest BCUT2D eigenvalue weighted by molar-refractivity contribution is 5.94. The second-order valence-corrected chi connectivity index (χ2v) is 3.87. The molecule has 0 atom stereocenters. The molecule has 0 aliphatic carbocycles. The summed E-state index contributed by atoms with van der Waals surface area (Å²) in [4.78, 5) is 13.9. The fourth-order valence-electron chi connectivity index (χ4n) is 1.34. The molecular weight excluding hydrogens is 212 g/mol. The Morgan fingerprint density at radius 1 is 1.41 bits per heavy atom. The van der Waals surface area contributed by atoms with Crippen molar-refractivity contribution in [3.8, 4) is 12.3 Å². The average Bonchev–Trinajstić information content (AvgIpc) is 2.38. The smallest absolute Gasteiger partial charge is 0.251 e. The van der Waals surface area contributed by atoms with Gasteiger partial charge in [-0.2, -0.15) is 0 Å². The van der Waals surface area contributed by atoms with E-state index in [1.807, 2.05) is 7.05 Å². The first-order valence-electron chi connectivity index (χ1n) is 5.70. The molecule has 0 spiro atoms. The van der Waals surface area contributed by atoms with Crippen molar-refractivity contribution in [1.29, 1.82) is 0 Å². The van der Waals surface area contributed by atoms with Gasteiger partial charge >= 0.3 is 0 Å². The highest BCUT2D eigenvalue weighted by Gasteiger charge is 2.04. The van der Waals surface area contributed by atoms with Gasteiger partial charge in [0.25, 0.3) is 5.91 Å². The maximum atomic E-state index is 11.7. The number of benzene rings is 1. The second-order valence-electron chi connectivity index (χ2n) is 3.87. The Balaban J connectivity index is 2.44. The molecule has 0 heterocycles. The van der Waals surface area contributed by atoms with Gasteiger partial charge in [0.2, 0.25) is 0 Å². The first kappa shape index (κ1) is 13.3. The molecule has 0 aliphatic heterocycles. The van der Waals surface area contributed by atoms with Crippen LogP contribution in [0.4, 0.5) is 0 Å². The first-order chi connectivity index (χ1) is 8.17. The molecule has 1 rings (SSSR count). The molecule has 1 aromatic carbocycles. The molecule has 1 aromatic rings. The normalized spacial score (nSPS) is 10.0. The van der Waals surface area contributed by atoms with E-state index < -0.39 is 0 Å². The van der Waals surface area contributed by atoms with Gasteiger partial charge in [-0.3, -0.25) is 4.79 Å². The largest absolute Gasteiger partial charge is 0.351 e. The maximum Gasteiger partial charge on any atom is 0.251 e. The lowest BCUT2D eigenvalue weighted by Gasteiger charge is -2.13. The molecule has 3 nitrogen and oxygen atoms in total. The summed E-state index contributed by atoms with van der Waals surface area (Å²) in [6.45, 7) is 4.57. The number of rotatable bonds is 5. The van der Waals surface area contributed by atoms with Crippen molar-refractivity contribution in [1.82, 2.24) is 10.2 Å². The number of hydrogen-bond donors (Lipinski definition) is 1. The quantitative estimate of drug-likeness (QED) is 0.774. The van der Waals surface area contributed by atoms with Crippen LogP contribution in [0.5, 0.6) is 0 Å². The zero-order chi connectivity index (χ0) is 12.7. The first-order valence-corrected chi connectivity index (χ1v) is 5.70. The molecule has 0 bridgehead atoms. The predicted molar refractivity (Wildman–Crippen MR) is 69.9 cm³/mol. The summed E-state index contributed by atoms with van der Waals surface area (Å²) in [6, 6.07) is 7.03. The van der Waals surface area contributed by atoms with Crippen molar-refractivity contribution in [2.75, 3.05) is 26.7 Å². The number of carbonyl (C=O) groups excluding carboxylic acids is 1. The average molecular weight is 230 g/mol. The molecule has 90 valence electrons. The molecule has 3 heteroatoms. The van der Waals surface area contributed by atoms with Crippen LogP contribution in [-0.2, 0) is 0 Å². The molecule has 1 amide bonds.